The lowest BCUT2D eigenvalue weighted by molar-refractivity contribution is 0.0114. The van der Waals surface area contributed by atoms with Crippen LogP contribution in [0, 0.1) is 16.7 Å². The van der Waals surface area contributed by atoms with Crippen molar-refractivity contribution < 1.29 is 22.4 Å². The summed E-state index contributed by atoms with van der Waals surface area (Å²) in [5.74, 6) is 1.12. The normalized spacial score (nSPS) is 36.4. The molecule has 1 aromatic rings. The minimum absolute atomic E-state index is 0.00519. The van der Waals surface area contributed by atoms with Gasteiger partial charge in [0.15, 0.2) is 11.5 Å². The molecule has 4 atom stereocenters. The standard InChI is InChI=1S/C20H25NO5S/c1-19-6-5-13-14-9-16(25-2)17(26-27(21,23)24)7-11(14)3-4-15(13)20(19)10-12(20)8-18(19)22/h7,9,12,18,22H,3-6,8,10H2,1-2H3,(H2,21,23,24)/t12-,18-,19-,20+/m1/s1. The highest BCUT2D eigenvalue weighted by Crippen LogP contribution is 2.80. The molecular weight excluding hydrogens is 366 g/mol. The van der Waals surface area contributed by atoms with Gasteiger partial charge < -0.3 is 14.0 Å². The van der Waals surface area contributed by atoms with Crippen molar-refractivity contribution in [2.24, 2.45) is 21.9 Å². The van der Waals surface area contributed by atoms with Crippen LogP contribution in [0.15, 0.2) is 17.7 Å². The molecular formula is C20H25NO5S. The highest BCUT2D eigenvalue weighted by Gasteiger charge is 2.74. The summed E-state index contributed by atoms with van der Waals surface area (Å²) in [5.41, 5.74) is 5.26. The van der Waals surface area contributed by atoms with Crippen molar-refractivity contribution in [1.82, 2.24) is 0 Å². The number of methoxy groups -OCH3 is 1. The molecule has 0 bridgehead atoms. The summed E-state index contributed by atoms with van der Waals surface area (Å²) in [6.07, 6.45) is 5.63. The predicted molar refractivity (Wildman–Crippen MR) is 100 cm³/mol. The molecule has 1 aromatic carbocycles. The fraction of sp³-hybridized carbons (Fsp3) is 0.600. The van der Waals surface area contributed by atoms with Crippen molar-refractivity contribution >= 4 is 15.9 Å². The first-order valence-corrected chi connectivity index (χ1v) is 11.0. The first-order chi connectivity index (χ1) is 12.7. The van der Waals surface area contributed by atoms with Gasteiger partial charge in [-0.25, -0.2) is 0 Å². The van der Waals surface area contributed by atoms with Crippen LogP contribution in [0.25, 0.3) is 5.57 Å². The van der Waals surface area contributed by atoms with Crippen LogP contribution in [0.2, 0.25) is 0 Å². The second-order valence-corrected chi connectivity index (χ2v) is 9.89. The second kappa shape index (κ2) is 5.27. The zero-order valence-corrected chi connectivity index (χ0v) is 16.4. The Morgan fingerprint density at radius 3 is 2.70 bits per heavy atom. The van der Waals surface area contributed by atoms with Crippen molar-refractivity contribution in [2.45, 2.75) is 51.6 Å². The summed E-state index contributed by atoms with van der Waals surface area (Å²) in [7, 11) is -2.61. The number of aryl methyl sites for hydroxylation is 1. The summed E-state index contributed by atoms with van der Waals surface area (Å²) < 4.78 is 33.1. The first kappa shape index (κ1) is 17.5. The van der Waals surface area contributed by atoms with Gasteiger partial charge in [-0.2, -0.15) is 13.6 Å². The lowest BCUT2D eigenvalue weighted by Gasteiger charge is -2.46. The fourth-order valence-corrected chi connectivity index (χ4v) is 6.80. The average molecular weight is 391 g/mol. The molecule has 4 aliphatic rings. The van der Waals surface area contributed by atoms with E-state index < -0.39 is 10.3 Å². The van der Waals surface area contributed by atoms with E-state index in [2.05, 4.69) is 6.92 Å². The van der Waals surface area contributed by atoms with Crippen molar-refractivity contribution in [3.05, 3.63) is 28.8 Å². The van der Waals surface area contributed by atoms with Crippen molar-refractivity contribution in [1.29, 1.82) is 0 Å². The van der Waals surface area contributed by atoms with Crippen LogP contribution in [0.4, 0.5) is 0 Å². The van der Waals surface area contributed by atoms with Crippen LogP contribution < -0.4 is 14.1 Å². The number of allylic oxidation sites excluding steroid dienone is 2. The molecule has 4 aliphatic carbocycles. The summed E-state index contributed by atoms with van der Waals surface area (Å²) in [6, 6.07) is 3.65. The molecule has 2 fully saturated rings. The molecule has 0 aliphatic heterocycles. The number of ether oxygens (including phenoxy) is 1. The number of rotatable bonds is 3. The van der Waals surface area contributed by atoms with Crippen LogP contribution in [0.1, 0.15) is 50.2 Å². The molecule has 0 radical (unpaired) electrons. The maximum atomic E-state index is 11.4. The maximum absolute atomic E-state index is 11.4. The number of hydrogen-bond donors (Lipinski definition) is 2. The number of fused-ring (bicyclic) bond motifs is 2. The molecule has 7 heteroatoms. The Hall–Kier alpha value is -1.57. The van der Waals surface area contributed by atoms with Gasteiger partial charge in [-0.3, -0.25) is 0 Å². The van der Waals surface area contributed by atoms with Gasteiger partial charge in [0.05, 0.1) is 13.2 Å². The SMILES string of the molecule is COc1cc2c(cc1OS(N)(=O)=O)CCC1=C2CC[C@]2(C)[C@H](O)C[C@@H]3C[C@@]132. The Labute approximate surface area is 159 Å². The number of nitrogens with two attached hydrogens (primary N) is 1. The van der Waals surface area contributed by atoms with E-state index in [-0.39, 0.29) is 22.7 Å². The maximum Gasteiger partial charge on any atom is 0.380 e. The highest BCUT2D eigenvalue weighted by atomic mass is 32.2. The van der Waals surface area contributed by atoms with E-state index >= 15 is 0 Å². The fourth-order valence-electron chi connectivity index (χ4n) is 6.42. The lowest BCUT2D eigenvalue weighted by Crippen LogP contribution is -2.41. The summed E-state index contributed by atoms with van der Waals surface area (Å²) in [4.78, 5) is 0. The number of hydrogen-bond acceptors (Lipinski definition) is 5. The Balaban J connectivity index is 1.63. The summed E-state index contributed by atoms with van der Waals surface area (Å²) >= 11 is 0. The molecule has 0 heterocycles. The van der Waals surface area contributed by atoms with E-state index in [1.54, 1.807) is 6.07 Å². The molecule has 0 saturated heterocycles. The third-order valence-corrected chi connectivity index (χ3v) is 8.14. The molecule has 6 nitrogen and oxygen atoms in total. The van der Waals surface area contributed by atoms with Crippen molar-refractivity contribution in [2.75, 3.05) is 7.11 Å². The average Bonchev–Trinajstić information content (AvgIpc) is 3.25. The van der Waals surface area contributed by atoms with Gasteiger partial charge in [0.25, 0.3) is 0 Å². The largest absolute Gasteiger partial charge is 0.493 e. The Morgan fingerprint density at radius 1 is 1.22 bits per heavy atom. The van der Waals surface area contributed by atoms with Crippen molar-refractivity contribution in [3.8, 4) is 11.5 Å². The monoisotopic (exact) mass is 391 g/mol. The minimum Gasteiger partial charge on any atom is -0.493 e. The van der Waals surface area contributed by atoms with Gasteiger partial charge in [-0.15, -0.1) is 0 Å². The van der Waals surface area contributed by atoms with Crippen LogP contribution in [-0.4, -0.2) is 26.7 Å². The molecule has 0 unspecified atom stereocenters. The third kappa shape index (κ3) is 2.22. The van der Waals surface area contributed by atoms with Crippen LogP contribution in [0.3, 0.4) is 0 Å². The Morgan fingerprint density at radius 2 is 2.00 bits per heavy atom. The molecule has 1 spiro atoms. The summed E-state index contributed by atoms with van der Waals surface area (Å²) in [5, 5.41) is 15.7. The van der Waals surface area contributed by atoms with Gasteiger partial charge in [-0.1, -0.05) is 12.5 Å². The van der Waals surface area contributed by atoms with E-state index in [0.717, 1.165) is 43.2 Å². The molecule has 2 saturated carbocycles. The number of aliphatic hydroxyl groups excluding tert-OH is 1. The second-order valence-electron chi connectivity index (χ2n) is 8.73. The Bertz CT molecular complexity index is 984. The molecule has 146 valence electrons. The Kier molecular flexibility index (Phi) is 3.42. The lowest BCUT2D eigenvalue weighted by atomic mass is 9.59. The molecule has 0 amide bonds. The minimum atomic E-state index is -4.11. The molecule has 5 rings (SSSR count). The van der Waals surface area contributed by atoms with E-state index in [1.807, 2.05) is 6.07 Å². The smallest absolute Gasteiger partial charge is 0.380 e. The molecule has 27 heavy (non-hydrogen) atoms. The van der Waals surface area contributed by atoms with Crippen LogP contribution in [-0.2, 0) is 16.7 Å². The van der Waals surface area contributed by atoms with E-state index in [0.29, 0.717) is 11.7 Å². The first-order valence-electron chi connectivity index (χ1n) is 9.53. The topological polar surface area (TPSA) is 98.9 Å². The van der Waals surface area contributed by atoms with Crippen LogP contribution in [0.5, 0.6) is 11.5 Å². The predicted octanol–water partition coefficient (Wildman–Crippen LogP) is 2.55. The quantitative estimate of drug-likeness (QED) is 0.825. The van der Waals surface area contributed by atoms with Gasteiger partial charge >= 0.3 is 10.3 Å². The van der Waals surface area contributed by atoms with Crippen LogP contribution >= 0.6 is 0 Å². The van der Waals surface area contributed by atoms with E-state index in [4.69, 9.17) is 14.1 Å². The van der Waals surface area contributed by atoms with Gasteiger partial charge in [0.2, 0.25) is 0 Å². The van der Waals surface area contributed by atoms with Crippen molar-refractivity contribution in [3.63, 3.8) is 0 Å². The summed E-state index contributed by atoms with van der Waals surface area (Å²) in [6.45, 7) is 2.27. The van der Waals surface area contributed by atoms with Gasteiger partial charge in [-0.05, 0) is 73.3 Å². The zero-order chi connectivity index (χ0) is 19.2. The van der Waals surface area contributed by atoms with E-state index in [9.17, 15) is 13.5 Å². The number of aliphatic hydroxyl groups is 1. The zero-order valence-electron chi connectivity index (χ0n) is 15.6. The third-order valence-electron chi connectivity index (χ3n) is 7.73. The highest BCUT2D eigenvalue weighted by molar-refractivity contribution is 7.84. The van der Waals surface area contributed by atoms with E-state index in [1.165, 1.54) is 24.7 Å². The molecule has 0 aromatic heterocycles. The van der Waals surface area contributed by atoms with Gasteiger partial charge in [0, 0.05) is 10.8 Å². The number of benzene rings is 1. The van der Waals surface area contributed by atoms with Gasteiger partial charge in [0.1, 0.15) is 0 Å². The molecule has 3 N–H and O–H groups in total.